The summed E-state index contributed by atoms with van der Waals surface area (Å²) in [6.07, 6.45) is 1.12. The van der Waals surface area contributed by atoms with Gasteiger partial charge in [0.1, 0.15) is 0 Å². The first kappa shape index (κ1) is 24.1. The topological polar surface area (TPSA) is 72.9 Å². The first-order valence-corrected chi connectivity index (χ1v) is 11.9. The minimum atomic E-state index is -1.14. The number of benzene rings is 3. The molecule has 0 spiro atoms. The SMILES string of the molecule is CC(C)c1ccc(N2CCN(c3ccc(NC(=O)C=C(C(=O)O)c4ccccc4)cc3)CC2)cc1. The minimum Gasteiger partial charge on any atom is -0.478 e. The Hall–Kier alpha value is -4.06. The van der Waals surface area contributed by atoms with Crippen molar-refractivity contribution >= 4 is 34.5 Å². The Kier molecular flexibility index (Phi) is 7.51. The van der Waals surface area contributed by atoms with E-state index in [9.17, 15) is 14.7 Å². The van der Waals surface area contributed by atoms with Crippen molar-refractivity contribution in [1.82, 2.24) is 0 Å². The number of carboxylic acids is 1. The number of carbonyl (C=O) groups excluding carboxylic acids is 1. The number of piperazine rings is 1. The molecule has 0 bridgehead atoms. The maximum absolute atomic E-state index is 12.4. The van der Waals surface area contributed by atoms with Crippen LogP contribution in [0.5, 0.6) is 0 Å². The summed E-state index contributed by atoms with van der Waals surface area (Å²) in [7, 11) is 0. The Morgan fingerprint density at radius 2 is 1.31 bits per heavy atom. The van der Waals surface area contributed by atoms with E-state index in [1.807, 2.05) is 24.3 Å². The summed E-state index contributed by atoms with van der Waals surface area (Å²) < 4.78 is 0. The minimum absolute atomic E-state index is 0.0450. The average Bonchev–Trinajstić information content (AvgIpc) is 2.88. The highest BCUT2D eigenvalue weighted by molar-refractivity contribution is 6.21. The molecule has 35 heavy (non-hydrogen) atoms. The molecule has 0 unspecified atom stereocenters. The summed E-state index contributed by atoms with van der Waals surface area (Å²) in [6.45, 7) is 8.14. The highest BCUT2D eigenvalue weighted by Crippen LogP contribution is 2.24. The zero-order valence-corrected chi connectivity index (χ0v) is 20.1. The molecule has 0 radical (unpaired) electrons. The summed E-state index contributed by atoms with van der Waals surface area (Å²) in [4.78, 5) is 28.8. The molecule has 3 aromatic rings. The number of rotatable bonds is 7. The van der Waals surface area contributed by atoms with Gasteiger partial charge in [-0.25, -0.2) is 4.79 Å². The molecule has 2 N–H and O–H groups in total. The van der Waals surface area contributed by atoms with Gasteiger partial charge in [0.05, 0.1) is 5.57 Å². The van der Waals surface area contributed by atoms with E-state index >= 15 is 0 Å². The smallest absolute Gasteiger partial charge is 0.336 e. The van der Waals surface area contributed by atoms with Gasteiger partial charge in [-0.1, -0.05) is 56.3 Å². The Labute approximate surface area is 206 Å². The van der Waals surface area contributed by atoms with Crippen LogP contribution >= 0.6 is 0 Å². The van der Waals surface area contributed by atoms with Crippen molar-refractivity contribution in [2.75, 3.05) is 41.3 Å². The van der Waals surface area contributed by atoms with Gasteiger partial charge in [-0.3, -0.25) is 4.79 Å². The van der Waals surface area contributed by atoms with Crippen molar-refractivity contribution in [1.29, 1.82) is 0 Å². The Balaban J connectivity index is 1.34. The average molecular weight is 470 g/mol. The van der Waals surface area contributed by atoms with Crippen LogP contribution in [0, 0.1) is 0 Å². The van der Waals surface area contributed by atoms with Gasteiger partial charge in [-0.15, -0.1) is 0 Å². The zero-order chi connectivity index (χ0) is 24.8. The summed E-state index contributed by atoms with van der Waals surface area (Å²) in [5.74, 6) is -1.08. The molecular weight excluding hydrogens is 438 g/mol. The van der Waals surface area contributed by atoms with E-state index in [-0.39, 0.29) is 5.57 Å². The predicted octanol–water partition coefficient (Wildman–Crippen LogP) is 5.24. The number of hydrogen-bond acceptors (Lipinski definition) is 4. The van der Waals surface area contributed by atoms with Gasteiger partial charge in [-0.2, -0.15) is 0 Å². The van der Waals surface area contributed by atoms with Crippen LogP contribution in [0.2, 0.25) is 0 Å². The van der Waals surface area contributed by atoms with Gasteiger partial charge >= 0.3 is 5.97 Å². The van der Waals surface area contributed by atoms with Crippen LogP contribution in [-0.4, -0.2) is 43.2 Å². The maximum Gasteiger partial charge on any atom is 0.336 e. The van der Waals surface area contributed by atoms with E-state index in [2.05, 4.69) is 53.2 Å². The third-order valence-electron chi connectivity index (χ3n) is 6.30. The van der Waals surface area contributed by atoms with Crippen molar-refractivity contribution in [3.8, 4) is 0 Å². The van der Waals surface area contributed by atoms with E-state index in [1.54, 1.807) is 30.3 Å². The number of hydrogen-bond donors (Lipinski definition) is 2. The van der Waals surface area contributed by atoms with Crippen LogP contribution in [0.4, 0.5) is 17.1 Å². The summed E-state index contributed by atoms with van der Waals surface area (Å²) in [5.41, 5.74) is 4.78. The normalized spacial score (nSPS) is 14.2. The van der Waals surface area contributed by atoms with Crippen LogP contribution in [0.3, 0.4) is 0 Å². The number of carbonyl (C=O) groups is 2. The maximum atomic E-state index is 12.4. The van der Waals surface area contributed by atoms with Gasteiger partial charge in [0.15, 0.2) is 0 Å². The highest BCUT2D eigenvalue weighted by atomic mass is 16.4. The predicted molar refractivity (Wildman–Crippen MR) is 142 cm³/mol. The van der Waals surface area contributed by atoms with E-state index in [0.717, 1.165) is 37.9 Å². The zero-order valence-electron chi connectivity index (χ0n) is 20.1. The molecule has 0 aliphatic carbocycles. The van der Waals surface area contributed by atoms with Crippen molar-refractivity contribution in [2.45, 2.75) is 19.8 Å². The van der Waals surface area contributed by atoms with Crippen LogP contribution in [0.25, 0.3) is 5.57 Å². The lowest BCUT2D eigenvalue weighted by molar-refractivity contribution is -0.130. The molecule has 1 aliphatic heterocycles. The van der Waals surface area contributed by atoms with E-state index in [4.69, 9.17) is 0 Å². The Morgan fingerprint density at radius 1 is 0.800 bits per heavy atom. The third kappa shape index (κ3) is 6.09. The van der Waals surface area contributed by atoms with Crippen molar-refractivity contribution < 1.29 is 14.7 Å². The van der Waals surface area contributed by atoms with E-state index < -0.39 is 11.9 Å². The van der Waals surface area contributed by atoms with Gasteiger partial charge in [0.2, 0.25) is 5.91 Å². The second-order valence-corrected chi connectivity index (χ2v) is 8.99. The van der Waals surface area contributed by atoms with Gasteiger partial charge in [0, 0.05) is 49.3 Å². The van der Waals surface area contributed by atoms with Gasteiger partial charge < -0.3 is 20.2 Å². The fraction of sp³-hybridized carbons (Fsp3) is 0.241. The molecule has 0 saturated carbocycles. The lowest BCUT2D eigenvalue weighted by Gasteiger charge is -2.37. The molecule has 1 fully saturated rings. The second kappa shape index (κ2) is 10.9. The summed E-state index contributed by atoms with van der Waals surface area (Å²) >= 11 is 0. The Bertz CT molecular complexity index is 1180. The quantitative estimate of drug-likeness (QED) is 0.463. The fourth-order valence-electron chi connectivity index (χ4n) is 4.24. The molecule has 6 heteroatoms. The molecular formula is C29H31N3O3. The standard InChI is InChI=1S/C29H31N3O3/c1-21(2)22-8-12-25(13-9-22)31-16-18-32(19-17-31)26-14-10-24(11-15-26)30-28(33)20-27(29(34)35)23-6-4-3-5-7-23/h3-15,20-21H,16-19H2,1-2H3,(H,30,33)(H,34,35). The lowest BCUT2D eigenvalue weighted by Crippen LogP contribution is -2.46. The van der Waals surface area contributed by atoms with Crippen molar-refractivity contribution in [2.24, 2.45) is 0 Å². The van der Waals surface area contributed by atoms with Crippen molar-refractivity contribution in [3.63, 3.8) is 0 Å². The Morgan fingerprint density at radius 3 is 1.80 bits per heavy atom. The first-order chi connectivity index (χ1) is 16.9. The summed E-state index contributed by atoms with van der Waals surface area (Å²) in [5, 5.41) is 12.3. The molecule has 1 aliphatic rings. The lowest BCUT2D eigenvalue weighted by atomic mass is 10.0. The highest BCUT2D eigenvalue weighted by Gasteiger charge is 2.18. The number of nitrogens with one attached hydrogen (secondary N) is 1. The molecule has 1 saturated heterocycles. The van der Waals surface area contributed by atoms with Crippen LogP contribution in [-0.2, 0) is 9.59 Å². The monoisotopic (exact) mass is 469 g/mol. The molecule has 1 heterocycles. The number of carboxylic acid groups (broad SMARTS) is 1. The molecule has 6 nitrogen and oxygen atoms in total. The van der Waals surface area contributed by atoms with E-state index in [0.29, 0.717) is 17.2 Å². The number of nitrogens with zero attached hydrogens (tertiary/aromatic N) is 2. The number of amides is 1. The van der Waals surface area contributed by atoms with Crippen molar-refractivity contribution in [3.05, 3.63) is 96.1 Å². The number of aliphatic carboxylic acids is 1. The third-order valence-corrected chi connectivity index (χ3v) is 6.30. The van der Waals surface area contributed by atoms with E-state index in [1.165, 1.54) is 11.3 Å². The largest absolute Gasteiger partial charge is 0.478 e. The fourth-order valence-corrected chi connectivity index (χ4v) is 4.24. The molecule has 0 atom stereocenters. The van der Waals surface area contributed by atoms with Crippen LogP contribution in [0.15, 0.2) is 84.9 Å². The molecule has 0 aromatic heterocycles. The second-order valence-electron chi connectivity index (χ2n) is 8.99. The van der Waals surface area contributed by atoms with Crippen LogP contribution in [0.1, 0.15) is 30.9 Å². The summed E-state index contributed by atoms with van der Waals surface area (Å²) in [6, 6.07) is 25.2. The molecule has 1 amide bonds. The van der Waals surface area contributed by atoms with Crippen LogP contribution < -0.4 is 15.1 Å². The van der Waals surface area contributed by atoms with Gasteiger partial charge in [0.25, 0.3) is 0 Å². The molecule has 180 valence electrons. The first-order valence-electron chi connectivity index (χ1n) is 11.9. The number of anilines is 3. The molecule has 4 rings (SSSR count). The molecule has 3 aromatic carbocycles. The van der Waals surface area contributed by atoms with Gasteiger partial charge in [-0.05, 0) is 53.4 Å².